The maximum absolute atomic E-state index is 6.15. The lowest BCUT2D eigenvalue weighted by Gasteiger charge is -2.18. The number of hydrogen-bond donors (Lipinski definition) is 1. The summed E-state index contributed by atoms with van der Waals surface area (Å²) in [6.07, 6.45) is 0.949. The molecular formula is C24H18ClN3OS. The summed E-state index contributed by atoms with van der Waals surface area (Å²) < 4.78 is 7.82. The van der Waals surface area contributed by atoms with Crippen molar-refractivity contribution >= 4 is 33.8 Å². The summed E-state index contributed by atoms with van der Waals surface area (Å²) >= 11 is 7.87. The Hall–Kier alpha value is -3.02. The van der Waals surface area contributed by atoms with Crippen molar-refractivity contribution < 1.29 is 4.74 Å². The van der Waals surface area contributed by atoms with Crippen LogP contribution in [0.2, 0.25) is 5.02 Å². The van der Waals surface area contributed by atoms with E-state index >= 15 is 0 Å². The summed E-state index contributed by atoms with van der Waals surface area (Å²) in [7, 11) is 1.71. The van der Waals surface area contributed by atoms with Crippen molar-refractivity contribution in [2.75, 3.05) is 7.11 Å². The van der Waals surface area contributed by atoms with Crippen LogP contribution in [-0.2, 0) is 13.0 Å². The molecule has 148 valence electrons. The molecule has 0 fully saturated rings. The topological polar surface area (TPSA) is 42.8 Å². The van der Waals surface area contributed by atoms with Crippen molar-refractivity contribution in [3.8, 4) is 39.1 Å². The van der Waals surface area contributed by atoms with Crippen molar-refractivity contribution in [2.45, 2.75) is 13.0 Å². The predicted octanol–water partition coefficient (Wildman–Crippen LogP) is 6.65. The largest absolute Gasteiger partial charge is 0.497 e. The van der Waals surface area contributed by atoms with Crippen LogP contribution in [0.1, 0.15) is 5.56 Å². The fourth-order valence-corrected chi connectivity index (χ4v) is 5.21. The van der Waals surface area contributed by atoms with Gasteiger partial charge in [0.15, 0.2) is 5.82 Å². The van der Waals surface area contributed by atoms with Crippen LogP contribution in [-0.4, -0.2) is 21.6 Å². The summed E-state index contributed by atoms with van der Waals surface area (Å²) in [5.41, 5.74) is 6.77. The van der Waals surface area contributed by atoms with Gasteiger partial charge in [0.05, 0.1) is 29.1 Å². The highest BCUT2D eigenvalue weighted by molar-refractivity contribution is 7.13. The highest BCUT2D eigenvalue weighted by Crippen LogP contribution is 2.43. The summed E-state index contributed by atoms with van der Waals surface area (Å²) in [5.74, 6) is 1.90. The van der Waals surface area contributed by atoms with Crippen molar-refractivity contribution in [3.05, 3.63) is 70.6 Å². The minimum atomic E-state index is 0.726. The van der Waals surface area contributed by atoms with Crippen molar-refractivity contribution in [2.24, 2.45) is 0 Å². The molecule has 5 aromatic rings. The standard InChI is InChI=1S/C24H18ClN3OS/c1-29-16-8-9-19-18(13-16)17-10-11-28-23(22(17)26-19)21(14-4-6-15(25)7-5-14)27-24(28)20-3-2-12-30-20/h2-9,12-13,26H,10-11H2,1H3. The van der Waals surface area contributed by atoms with E-state index in [0.717, 1.165) is 57.7 Å². The number of benzene rings is 2. The minimum Gasteiger partial charge on any atom is -0.497 e. The third kappa shape index (κ3) is 2.62. The van der Waals surface area contributed by atoms with Gasteiger partial charge < -0.3 is 14.3 Å². The second-order valence-electron chi connectivity index (χ2n) is 7.41. The van der Waals surface area contributed by atoms with Gasteiger partial charge in [-0.2, -0.15) is 0 Å². The number of aromatic nitrogens is 3. The zero-order valence-electron chi connectivity index (χ0n) is 16.3. The third-order valence-corrected chi connectivity index (χ3v) is 6.88. The molecule has 6 heteroatoms. The number of fused-ring (bicyclic) bond motifs is 5. The van der Waals surface area contributed by atoms with Gasteiger partial charge in [0.25, 0.3) is 0 Å². The van der Waals surface area contributed by atoms with E-state index < -0.39 is 0 Å². The summed E-state index contributed by atoms with van der Waals surface area (Å²) in [4.78, 5) is 9.97. The van der Waals surface area contributed by atoms with Gasteiger partial charge in [-0.3, -0.25) is 0 Å². The first-order valence-corrected chi connectivity index (χ1v) is 11.1. The molecule has 0 saturated heterocycles. The van der Waals surface area contributed by atoms with Crippen LogP contribution >= 0.6 is 22.9 Å². The Morgan fingerprint density at radius 1 is 1.13 bits per heavy atom. The molecule has 0 saturated carbocycles. The Balaban J connectivity index is 1.65. The molecule has 3 aromatic heterocycles. The maximum atomic E-state index is 6.15. The van der Waals surface area contributed by atoms with E-state index in [-0.39, 0.29) is 0 Å². The van der Waals surface area contributed by atoms with Crippen molar-refractivity contribution in [3.63, 3.8) is 0 Å². The Morgan fingerprint density at radius 3 is 2.77 bits per heavy atom. The lowest BCUT2D eigenvalue weighted by atomic mass is 9.99. The first kappa shape index (κ1) is 17.8. The van der Waals surface area contributed by atoms with Gasteiger partial charge in [-0.1, -0.05) is 29.8 Å². The van der Waals surface area contributed by atoms with Crippen LogP contribution in [0.5, 0.6) is 5.75 Å². The zero-order chi connectivity index (χ0) is 20.2. The maximum Gasteiger partial charge on any atom is 0.151 e. The molecule has 0 atom stereocenters. The highest BCUT2D eigenvalue weighted by Gasteiger charge is 2.29. The van der Waals surface area contributed by atoms with Gasteiger partial charge in [-0.05, 0) is 53.8 Å². The Bertz CT molecular complexity index is 1380. The third-order valence-electron chi connectivity index (χ3n) is 5.76. The minimum absolute atomic E-state index is 0.726. The molecule has 1 aliphatic heterocycles. The van der Waals surface area contributed by atoms with E-state index in [2.05, 4.69) is 39.2 Å². The van der Waals surface area contributed by atoms with Crippen molar-refractivity contribution in [1.29, 1.82) is 0 Å². The molecule has 4 nitrogen and oxygen atoms in total. The van der Waals surface area contributed by atoms with Gasteiger partial charge in [-0.15, -0.1) is 11.3 Å². The molecule has 0 aliphatic carbocycles. The molecule has 6 rings (SSSR count). The SMILES string of the molecule is COc1ccc2[nH]c3c(c2c1)CCn1c(-c2cccs2)nc(-c2ccc(Cl)cc2)c1-3. The Morgan fingerprint density at radius 2 is 2.00 bits per heavy atom. The normalized spacial score (nSPS) is 12.7. The average molecular weight is 432 g/mol. The zero-order valence-corrected chi connectivity index (χ0v) is 17.8. The molecule has 0 radical (unpaired) electrons. The summed E-state index contributed by atoms with van der Waals surface area (Å²) in [5, 5.41) is 4.04. The molecule has 4 heterocycles. The van der Waals surface area contributed by atoms with Crippen LogP contribution < -0.4 is 4.74 Å². The Labute approximate surface area is 182 Å². The molecule has 2 aromatic carbocycles. The molecule has 30 heavy (non-hydrogen) atoms. The smallest absolute Gasteiger partial charge is 0.151 e. The molecule has 0 unspecified atom stereocenters. The molecule has 0 bridgehead atoms. The Kier molecular flexibility index (Phi) is 4.01. The molecule has 1 N–H and O–H groups in total. The predicted molar refractivity (Wildman–Crippen MR) is 124 cm³/mol. The van der Waals surface area contributed by atoms with Crippen LogP contribution in [0.3, 0.4) is 0 Å². The van der Waals surface area contributed by atoms with Gasteiger partial charge in [-0.25, -0.2) is 4.98 Å². The number of rotatable bonds is 3. The first-order valence-electron chi connectivity index (χ1n) is 9.82. The molecule has 1 aliphatic rings. The molecule has 0 amide bonds. The number of nitrogens with one attached hydrogen (secondary N) is 1. The van der Waals surface area contributed by atoms with Crippen LogP contribution in [0.15, 0.2) is 60.0 Å². The van der Waals surface area contributed by atoms with Gasteiger partial charge in [0.1, 0.15) is 5.75 Å². The molecular weight excluding hydrogens is 414 g/mol. The lowest BCUT2D eigenvalue weighted by molar-refractivity contribution is 0.415. The number of ether oxygens (including phenoxy) is 1. The lowest BCUT2D eigenvalue weighted by Crippen LogP contribution is -2.11. The van der Waals surface area contributed by atoms with Crippen LogP contribution in [0.25, 0.3) is 44.2 Å². The number of imidazole rings is 1. The van der Waals surface area contributed by atoms with Gasteiger partial charge in [0, 0.05) is 28.0 Å². The fourth-order valence-electron chi connectivity index (χ4n) is 4.37. The quantitative estimate of drug-likeness (QED) is 0.347. The second kappa shape index (κ2) is 6.76. The fraction of sp³-hybridized carbons (Fsp3) is 0.125. The number of methoxy groups -OCH3 is 1. The van der Waals surface area contributed by atoms with E-state index in [9.17, 15) is 0 Å². The van der Waals surface area contributed by atoms with E-state index in [1.165, 1.54) is 15.8 Å². The van der Waals surface area contributed by atoms with Crippen LogP contribution in [0.4, 0.5) is 0 Å². The van der Waals surface area contributed by atoms with E-state index in [0.29, 0.717) is 0 Å². The number of hydrogen-bond acceptors (Lipinski definition) is 3. The summed E-state index contributed by atoms with van der Waals surface area (Å²) in [6, 6.07) is 18.4. The average Bonchev–Trinajstić information content (AvgIpc) is 3.50. The number of thiophene rings is 1. The highest BCUT2D eigenvalue weighted by atomic mass is 35.5. The number of aryl methyl sites for hydroxylation is 1. The van der Waals surface area contributed by atoms with Gasteiger partial charge in [0.2, 0.25) is 0 Å². The molecule has 0 spiro atoms. The second-order valence-corrected chi connectivity index (χ2v) is 8.79. The first-order chi connectivity index (χ1) is 14.7. The van der Waals surface area contributed by atoms with E-state index in [1.54, 1.807) is 18.4 Å². The van der Waals surface area contributed by atoms with Gasteiger partial charge >= 0.3 is 0 Å². The van der Waals surface area contributed by atoms with Crippen LogP contribution in [0, 0.1) is 0 Å². The number of nitrogens with zero attached hydrogens (tertiary/aromatic N) is 2. The van der Waals surface area contributed by atoms with E-state index in [4.69, 9.17) is 21.3 Å². The van der Waals surface area contributed by atoms with E-state index in [1.807, 2.05) is 30.3 Å². The monoisotopic (exact) mass is 431 g/mol. The number of aromatic amines is 1. The number of halogens is 1. The number of H-pyrrole nitrogens is 1. The summed E-state index contributed by atoms with van der Waals surface area (Å²) in [6.45, 7) is 0.889. The van der Waals surface area contributed by atoms with Crippen molar-refractivity contribution in [1.82, 2.24) is 14.5 Å².